The molecule has 0 radical (unpaired) electrons. The van der Waals surface area contributed by atoms with E-state index in [9.17, 15) is 0 Å². The van der Waals surface area contributed by atoms with Gasteiger partial charge in [-0.15, -0.1) is 11.3 Å². The highest BCUT2D eigenvalue weighted by molar-refractivity contribution is 7.13. The number of hydrogen-bond donors (Lipinski definition) is 1. The van der Waals surface area contributed by atoms with E-state index in [-0.39, 0.29) is 0 Å². The van der Waals surface area contributed by atoms with Crippen molar-refractivity contribution in [3.8, 4) is 0 Å². The molecule has 1 aromatic rings. The van der Waals surface area contributed by atoms with Crippen molar-refractivity contribution in [2.24, 2.45) is 5.92 Å². The Morgan fingerprint density at radius 1 is 1.67 bits per heavy atom. The molecular weight excluding hydrogens is 206 g/mol. The van der Waals surface area contributed by atoms with Gasteiger partial charge in [-0.05, 0) is 39.3 Å². The van der Waals surface area contributed by atoms with Gasteiger partial charge < -0.3 is 10.2 Å². The molecule has 3 nitrogen and oxygen atoms in total. The summed E-state index contributed by atoms with van der Waals surface area (Å²) in [6.07, 6.45) is 3.19. The van der Waals surface area contributed by atoms with E-state index in [0.29, 0.717) is 6.04 Å². The first-order valence-corrected chi connectivity index (χ1v) is 6.52. The number of aromatic nitrogens is 1. The molecule has 0 saturated carbocycles. The van der Waals surface area contributed by atoms with Gasteiger partial charge in [0.2, 0.25) is 0 Å². The number of nitrogens with zero attached hydrogens (tertiary/aromatic N) is 2. The summed E-state index contributed by atoms with van der Waals surface area (Å²) in [5.74, 6) is 0.788. The third-order valence-electron chi connectivity index (χ3n) is 2.91. The average Bonchev–Trinajstić information content (AvgIpc) is 2.87. The molecule has 2 heterocycles. The van der Waals surface area contributed by atoms with E-state index < -0.39 is 0 Å². The highest BCUT2D eigenvalue weighted by Crippen LogP contribution is 2.22. The van der Waals surface area contributed by atoms with Gasteiger partial charge in [0.05, 0.1) is 0 Å². The van der Waals surface area contributed by atoms with E-state index in [4.69, 9.17) is 0 Å². The van der Waals surface area contributed by atoms with Crippen LogP contribution in [0.5, 0.6) is 0 Å². The van der Waals surface area contributed by atoms with Crippen molar-refractivity contribution in [3.63, 3.8) is 0 Å². The number of thiazole rings is 1. The highest BCUT2D eigenvalue weighted by Gasteiger charge is 2.21. The summed E-state index contributed by atoms with van der Waals surface area (Å²) in [5, 5.41) is 6.64. The van der Waals surface area contributed by atoms with Crippen LogP contribution in [0.1, 0.15) is 20.3 Å². The Bertz CT molecular complexity index is 278. The van der Waals surface area contributed by atoms with Crippen LogP contribution >= 0.6 is 11.3 Å². The quantitative estimate of drug-likeness (QED) is 0.849. The van der Waals surface area contributed by atoms with E-state index in [1.54, 1.807) is 11.3 Å². The van der Waals surface area contributed by atoms with Crippen LogP contribution in [0.25, 0.3) is 0 Å². The molecule has 0 bridgehead atoms. The van der Waals surface area contributed by atoms with Gasteiger partial charge in [-0.3, -0.25) is 0 Å². The van der Waals surface area contributed by atoms with Gasteiger partial charge in [0.1, 0.15) is 0 Å². The molecule has 15 heavy (non-hydrogen) atoms. The first-order chi connectivity index (χ1) is 7.27. The molecule has 2 rings (SSSR count). The zero-order valence-electron chi connectivity index (χ0n) is 9.44. The van der Waals surface area contributed by atoms with Crippen LogP contribution < -0.4 is 10.2 Å². The Morgan fingerprint density at radius 2 is 2.53 bits per heavy atom. The van der Waals surface area contributed by atoms with E-state index in [2.05, 4.69) is 34.4 Å². The maximum atomic E-state index is 4.40. The molecule has 0 spiro atoms. The SMILES string of the molecule is CC(C)N(CC1CCNC1)c1nccs1. The highest BCUT2D eigenvalue weighted by atomic mass is 32.1. The van der Waals surface area contributed by atoms with Crippen molar-refractivity contribution in [2.45, 2.75) is 26.3 Å². The maximum Gasteiger partial charge on any atom is 0.185 e. The predicted molar refractivity (Wildman–Crippen MR) is 65.6 cm³/mol. The maximum absolute atomic E-state index is 4.40. The van der Waals surface area contributed by atoms with Gasteiger partial charge in [0.15, 0.2) is 5.13 Å². The second-order valence-electron chi connectivity index (χ2n) is 4.42. The Kier molecular flexibility index (Phi) is 3.59. The van der Waals surface area contributed by atoms with Crippen LogP contribution in [0.2, 0.25) is 0 Å². The number of rotatable bonds is 4. The van der Waals surface area contributed by atoms with E-state index in [1.807, 2.05) is 6.20 Å². The lowest BCUT2D eigenvalue weighted by Crippen LogP contribution is -2.36. The van der Waals surface area contributed by atoms with E-state index >= 15 is 0 Å². The lowest BCUT2D eigenvalue weighted by Gasteiger charge is -2.28. The van der Waals surface area contributed by atoms with Crippen molar-refractivity contribution < 1.29 is 0 Å². The summed E-state index contributed by atoms with van der Waals surface area (Å²) < 4.78 is 0. The third-order valence-corrected chi connectivity index (χ3v) is 3.71. The predicted octanol–water partition coefficient (Wildman–Crippen LogP) is 1.97. The number of nitrogens with one attached hydrogen (secondary N) is 1. The standard InChI is InChI=1S/C11H19N3S/c1-9(2)14(11-13-5-6-15-11)8-10-3-4-12-7-10/h5-6,9-10,12H,3-4,7-8H2,1-2H3. The van der Waals surface area contributed by atoms with Crippen molar-refractivity contribution in [2.75, 3.05) is 24.5 Å². The molecule has 0 amide bonds. The van der Waals surface area contributed by atoms with E-state index in [0.717, 1.165) is 24.1 Å². The molecule has 4 heteroatoms. The second kappa shape index (κ2) is 4.94. The number of anilines is 1. The first-order valence-electron chi connectivity index (χ1n) is 5.64. The smallest absolute Gasteiger partial charge is 0.185 e. The summed E-state index contributed by atoms with van der Waals surface area (Å²) in [5.41, 5.74) is 0. The monoisotopic (exact) mass is 225 g/mol. The van der Waals surface area contributed by atoms with Crippen molar-refractivity contribution >= 4 is 16.5 Å². The normalized spacial score (nSPS) is 21.1. The minimum Gasteiger partial charge on any atom is -0.345 e. The van der Waals surface area contributed by atoms with Gasteiger partial charge in [-0.25, -0.2) is 4.98 Å². The average molecular weight is 225 g/mol. The van der Waals surface area contributed by atoms with Crippen LogP contribution in [-0.2, 0) is 0 Å². The minimum absolute atomic E-state index is 0.539. The number of hydrogen-bond acceptors (Lipinski definition) is 4. The molecule has 1 aliphatic heterocycles. The fourth-order valence-electron chi connectivity index (χ4n) is 2.02. The molecule has 0 aromatic carbocycles. The largest absolute Gasteiger partial charge is 0.345 e. The van der Waals surface area contributed by atoms with Gasteiger partial charge in [-0.1, -0.05) is 0 Å². The first kappa shape index (κ1) is 10.9. The summed E-state index contributed by atoms with van der Waals surface area (Å²) in [7, 11) is 0. The van der Waals surface area contributed by atoms with Gasteiger partial charge in [0, 0.05) is 24.2 Å². The molecule has 1 atom stereocenters. The second-order valence-corrected chi connectivity index (χ2v) is 5.29. The molecular formula is C11H19N3S. The van der Waals surface area contributed by atoms with Gasteiger partial charge in [0.25, 0.3) is 0 Å². The van der Waals surface area contributed by atoms with Gasteiger partial charge in [-0.2, -0.15) is 0 Å². The Morgan fingerprint density at radius 3 is 3.07 bits per heavy atom. The van der Waals surface area contributed by atoms with Crippen LogP contribution in [-0.4, -0.2) is 30.7 Å². The third kappa shape index (κ3) is 2.69. The molecule has 1 saturated heterocycles. The van der Waals surface area contributed by atoms with Crippen molar-refractivity contribution in [1.29, 1.82) is 0 Å². The Hall–Kier alpha value is -0.610. The zero-order chi connectivity index (χ0) is 10.7. The topological polar surface area (TPSA) is 28.2 Å². The van der Waals surface area contributed by atoms with E-state index in [1.165, 1.54) is 13.0 Å². The lowest BCUT2D eigenvalue weighted by molar-refractivity contribution is 0.531. The fraction of sp³-hybridized carbons (Fsp3) is 0.727. The van der Waals surface area contributed by atoms with Crippen molar-refractivity contribution in [3.05, 3.63) is 11.6 Å². The molecule has 1 aromatic heterocycles. The molecule has 1 fully saturated rings. The van der Waals surface area contributed by atoms with Crippen molar-refractivity contribution in [1.82, 2.24) is 10.3 Å². The molecule has 84 valence electrons. The fourth-order valence-corrected chi connectivity index (χ4v) is 2.80. The molecule has 1 N–H and O–H groups in total. The van der Waals surface area contributed by atoms with Crippen LogP contribution in [0, 0.1) is 5.92 Å². The summed E-state index contributed by atoms with van der Waals surface area (Å²) in [6.45, 7) is 7.95. The summed E-state index contributed by atoms with van der Waals surface area (Å²) in [4.78, 5) is 6.82. The Balaban J connectivity index is 2.00. The van der Waals surface area contributed by atoms with Gasteiger partial charge >= 0.3 is 0 Å². The lowest BCUT2D eigenvalue weighted by atomic mass is 10.1. The molecule has 1 aliphatic rings. The van der Waals surface area contributed by atoms with Crippen LogP contribution in [0.15, 0.2) is 11.6 Å². The van der Waals surface area contributed by atoms with Crippen LogP contribution in [0.3, 0.4) is 0 Å². The zero-order valence-corrected chi connectivity index (χ0v) is 10.3. The Labute approximate surface area is 95.5 Å². The van der Waals surface area contributed by atoms with Crippen LogP contribution in [0.4, 0.5) is 5.13 Å². The molecule has 1 unspecified atom stereocenters. The minimum atomic E-state index is 0.539. The molecule has 0 aliphatic carbocycles. The summed E-state index contributed by atoms with van der Waals surface area (Å²) >= 11 is 1.74. The summed E-state index contributed by atoms with van der Waals surface area (Å²) in [6, 6.07) is 0.539.